The first-order valence-electron chi connectivity index (χ1n) is 5.51. The molecule has 2 saturated heterocycles. The molecule has 0 aromatic carbocycles. The predicted molar refractivity (Wildman–Crippen MR) is 54.3 cm³/mol. The number of piperidine rings is 2. The van der Waals surface area contributed by atoms with E-state index < -0.39 is 0 Å². The Bertz CT molecular complexity index is 105. The molecule has 1 unspecified atom stereocenters. The molecule has 3 fully saturated rings. The van der Waals surface area contributed by atoms with Crippen LogP contribution in [0.4, 0.5) is 0 Å². The van der Waals surface area contributed by atoms with Crippen molar-refractivity contribution in [2.24, 2.45) is 5.92 Å². The lowest BCUT2D eigenvalue weighted by Crippen LogP contribution is -2.51. The summed E-state index contributed by atoms with van der Waals surface area (Å²) in [6.07, 6.45) is 5.92. The van der Waals surface area contributed by atoms with E-state index in [1.807, 2.05) is 13.8 Å². The van der Waals surface area contributed by atoms with Crippen LogP contribution in [0.1, 0.15) is 46.5 Å². The van der Waals surface area contributed by atoms with Gasteiger partial charge in [-0.2, -0.15) is 0 Å². The average Bonchev–Trinajstić information content (AvgIpc) is 2.17. The van der Waals surface area contributed by atoms with Crippen molar-refractivity contribution >= 4 is 0 Å². The first-order valence-corrected chi connectivity index (χ1v) is 5.51. The van der Waals surface area contributed by atoms with Gasteiger partial charge >= 0.3 is 0 Å². The Labute approximate surface area is 77.1 Å². The fraction of sp³-hybridized carbons (Fsp3) is 1.00. The van der Waals surface area contributed by atoms with Gasteiger partial charge in [0.1, 0.15) is 0 Å². The molecule has 1 saturated carbocycles. The molecule has 72 valence electrons. The largest absolute Gasteiger partial charge is 0.300 e. The van der Waals surface area contributed by atoms with Crippen LogP contribution in [0.2, 0.25) is 0 Å². The van der Waals surface area contributed by atoms with E-state index in [1.54, 1.807) is 0 Å². The summed E-state index contributed by atoms with van der Waals surface area (Å²) in [5.41, 5.74) is 0. The topological polar surface area (TPSA) is 3.24 Å². The maximum absolute atomic E-state index is 2.58. The van der Waals surface area contributed by atoms with E-state index in [4.69, 9.17) is 0 Å². The van der Waals surface area contributed by atoms with Gasteiger partial charge in [0, 0.05) is 12.1 Å². The van der Waals surface area contributed by atoms with Crippen LogP contribution in [0.3, 0.4) is 0 Å². The molecule has 2 heterocycles. The van der Waals surface area contributed by atoms with E-state index in [1.165, 1.54) is 25.7 Å². The van der Waals surface area contributed by atoms with Crippen molar-refractivity contribution in [3.63, 3.8) is 0 Å². The molecular weight excluding hydrogens is 146 g/mol. The molecule has 3 rings (SSSR count). The van der Waals surface area contributed by atoms with Crippen LogP contribution in [0, 0.1) is 5.92 Å². The summed E-state index contributed by atoms with van der Waals surface area (Å²) in [7, 11) is 2.29. The summed E-state index contributed by atoms with van der Waals surface area (Å²) >= 11 is 0. The third kappa shape index (κ3) is 1.66. The van der Waals surface area contributed by atoms with Crippen LogP contribution in [0.15, 0.2) is 0 Å². The van der Waals surface area contributed by atoms with Gasteiger partial charge in [0.15, 0.2) is 0 Å². The zero-order chi connectivity index (χ0) is 9.14. The van der Waals surface area contributed by atoms with Crippen molar-refractivity contribution in [2.45, 2.75) is 58.5 Å². The van der Waals surface area contributed by atoms with E-state index in [0.717, 1.165) is 18.0 Å². The van der Waals surface area contributed by atoms with Crippen LogP contribution >= 0.6 is 0 Å². The minimum atomic E-state index is 0.868. The van der Waals surface area contributed by atoms with Crippen LogP contribution in [0.25, 0.3) is 0 Å². The highest BCUT2D eigenvalue weighted by Crippen LogP contribution is 2.37. The van der Waals surface area contributed by atoms with Gasteiger partial charge in [-0.3, -0.25) is 0 Å². The molecule has 1 aliphatic carbocycles. The summed E-state index contributed by atoms with van der Waals surface area (Å²) in [5.74, 6) is 1.02. The first-order chi connectivity index (χ1) is 5.79. The molecule has 1 atom stereocenters. The summed E-state index contributed by atoms with van der Waals surface area (Å²) in [6.45, 7) is 6.38. The number of fused-ring (bicyclic) bond motifs is 3. The number of rotatable bonds is 0. The maximum Gasteiger partial charge on any atom is 0.00953 e. The van der Waals surface area contributed by atoms with Gasteiger partial charge in [-0.25, -0.2) is 0 Å². The highest BCUT2D eigenvalue weighted by Gasteiger charge is 2.36. The molecule has 0 aromatic rings. The summed E-state index contributed by atoms with van der Waals surface area (Å²) < 4.78 is 0. The molecule has 0 aromatic heterocycles. The van der Waals surface area contributed by atoms with Crippen molar-refractivity contribution in [1.82, 2.24) is 4.90 Å². The van der Waals surface area contributed by atoms with Gasteiger partial charge in [0.25, 0.3) is 0 Å². The Balaban J connectivity index is 0.000000336. The van der Waals surface area contributed by atoms with E-state index in [0.29, 0.717) is 0 Å². The van der Waals surface area contributed by atoms with Crippen molar-refractivity contribution in [3.05, 3.63) is 0 Å². The zero-order valence-corrected chi connectivity index (χ0v) is 9.01. The van der Waals surface area contributed by atoms with Gasteiger partial charge in [-0.05, 0) is 45.6 Å². The van der Waals surface area contributed by atoms with Crippen LogP contribution in [-0.4, -0.2) is 24.0 Å². The highest BCUT2D eigenvalue weighted by atomic mass is 15.2. The third-order valence-electron chi connectivity index (χ3n) is 3.64. The molecule has 3 aliphatic rings. The maximum atomic E-state index is 2.58. The second kappa shape index (κ2) is 4.27. The molecular formula is C11H23N. The third-order valence-corrected chi connectivity index (χ3v) is 3.64. The Morgan fingerprint density at radius 2 is 1.50 bits per heavy atom. The van der Waals surface area contributed by atoms with E-state index >= 15 is 0 Å². The van der Waals surface area contributed by atoms with Gasteiger partial charge in [-0.15, -0.1) is 0 Å². The number of hydrogen-bond donors (Lipinski definition) is 0. The Morgan fingerprint density at radius 1 is 1.00 bits per heavy atom. The molecule has 2 bridgehead atoms. The van der Waals surface area contributed by atoms with Crippen molar-refractivity contribution < 1.29 is 0 Å². The Morgan fingerprint density at radius 3 is 1.75 bits per heavy atom. The highest BCUT2D eigenvalue weighted by molar-refractivity contribution is 4.91. The van der Waals surface area contributed by atoms with Crippen LogP contribution < -0.4 is 0 Å². The van der Waals surface area contributed by atoms with Crippen molar-refractivity contribution in [3.8, 4) is 0 Å². The quantitative estimate of drug-likeness (QED) is 0.539. The average molecular weight is 169 g/mol. The minimum absolute atomic E-state index is 0.868. The molecule has 0 radical (unpaired) electrons. The fourth-order valence-electron chi connectivity index (χ4n) is 2.66. The molecule has 0 N–H and O–H groups in total. The van der Waals surface area contributed by atoms with Gasteiger partial charge in [-0.1, -0.05) is 13.8 Å². The fourth-order valence-corrected chi connectivity index (χ4v) is 2.66. The van der Waals surface area contributed by atoms with E-state index in [2.05, 4.69) is 18.9 Å². The Kier molecular flexibility index (Phi) is 3.57. The van der Waals surface area contributed by atoms with Gasteiger partial charge in [0.2, 0.25) is 0 Å². The van der Waals surface area contributed by atoms with E-state index in [9.17, 15) is 0 Å². The standard InChI is InChI=1S/C9H17N.C2H6/c1-7-8-3-5-9(6-4-8)10(7)2;1-2/h7-9H,3-6H2,1-2H3;1-2H3. The lowest BCUT2D eigenvalue weighted by atomic mass is 9.76. The van der Waals surface area contributed by atoms with Crippen LogP contribution in [0.5, 0.6) is 0 Å². The van der Waals surface area contributed by atoms with Crippen LogP contribution in [-0.2, 0) is 0 Å². The SMILES string of the molecule is CC.CC1C2CCC(CC2)N1C. The lowest BCUT2D eigenvalue weighted by molar-refractivity contribution is 0.0184. The molecule has 2 aliphatic heterocycles. The predicted octanol–water partition coefficient (Wildman–Crippen LogP) is 2.91. The molecule has 1 heteroatoms. The number of hydrogen-bond acceptors (Lipinski definition) is 1. The second-order valence-electron chi connectivity index (χ2n) is 3.97. The van der Waals surface area contributed by atoms with Crippen molar-refractivity contribution in [2.75, 3.05) is 7.05 Å². The molecule has 0 spiro atoms. The number of nitrogens with zero attached hydrogens (tertiary/aromatic N) is 1. The summed E-state index contributed by atoms with van der Waals surface area (Å²) in [5, 5.41) is 0. The smallest absolute Gasteiger partial charge is 0.00953 e. The first kappa shape index (κ1) is 10.0. The lowest BCUT2D eigenvalue weighted by Gasteiger charge is -2.48. The monoisotopic (exact) mass is 169 g/mol. The Hall–Kier alpha value is -0.0400. The molecule has 0 amide bonds. The zero-order valence-electron chi connectivity index (χ0n) is 9.01. The van der Waals surface area contributed by atoms with Gasteiger partial charge < -0.3 is 4.90 Å². The van der Waals surface area contributed by atoms with Crippen molar-refractivity contribution in [1.29, 1.82) is 0 Å². The minimum Gasteiger partial charge on any atom is -0.300 e. The molecule has 12 heavy (non-hydrogen) atoms. The second-order valence-corrected chi connectivity index (χ2v) is 3.97. The van der Waals surface area contributed by atoms with Gasteiger partial charge in [0.05, 0.1) is 0 Å². The molecule has 1 nitrogen and oxygen atoms in total. The summed E-state index contributed by atoms with van der Waals surface area (Å²) in [6, 6.07) is 1.80. The normalized spacial score (nSPS) is 40.5. The van der Waals surface area contributed by atoms with E-state index in [-0.39, 0.29) is 0 Å². The summed E-state index contributed by atoms with van der Waals surface area (Å²) in [4.78, 5) is 2.58.